The fourth-order valence-electron chi connectivity index (χ4n) is 2.47. The van der Waals surface area contributed by atoms with Gasteiger partial charge >= 0.3 is 6.18 Å². The van der Waals surface area contributed by atoms with Gasteiger partial charge in [-0.15, -0.1) is 0 Å². The number of hydrazone groups is 1. The molecule has 5 nitrogen and oxygen atoms in total. The fraction of sp³-hybridized carbons (Fsp3) is 0.143. The largest absolute Gasteiger partial charge is 0.493 e. The number of pyridine rings is 1. The van der Waals surface area contributed by atoms with Gasteiger partial charge in [-0.2, -0.15) is 18.3 Å². The van der Waals surface area contributed by atoms with Crippen LogP contribution in [0.4, 0.5) is 19.0 Å². The highest BCUT2D eigenvalue weighted by Gasteiger charge is 2.30. The van der Waals surface area contributed by atoms with E-state index < -0.39 is 11.7 Å². The molecular weight excluding hydrogens is 454 g/mol. The van der Waals surface area contributed by atoms with Crippen LogP contribution < -0.4 is 14.9 Å². The van der Waals surface area contributed by atoms with E-state index in [1.165, 1.54) is 19.4 Å². The molecule has 162 valence electrons. The van der Waals surface area contributed by atoms with Gasteiger partial charge in [0.15, 0.2) is 11.5 Å². The first-order chi connectivity index (χ1) is 14.8. The first-order valence-corrected chi connectivity index (χ1v) is 9.59. The number of methoxy groups -OCH3 is 1. The molecule has 0 aliphatic carbocycles. The Morgan fingerprint density at radius 2 is 1.84 bits per heavy atom. The number of anilines is 1. The van der Waals surface area contributed by atoms with Crippen LogP contribution in [0.5, 0.6) is 11.5 Å². The van der Waals surface area contributed by atoms with Crippen molar-refractivity contribution in [1.82, 2.24) is 4.98 Å². The Hall–Kier alpha value is -2.97. The Labute approximate surface area is 186 Å². The van der Waals surface area contributed by atoms with E-state index in [0.29, 0.717) is 27.1 Å². The minimum Gasteiger partial charge on any atom is -0.493 e. The van der Waals surface area contributed by atoms with Gasteiger partial charge in [-0.05, 0) is 53.6 Å². The number of rotatable bonds is 7. The number of benzene rings is 2. The zero-order valence-electron chi connectivity index (χ0n) is 16.1. The lowest BCUT2D eigenvalue weighted by Gasteiger charge is -2.12. The third kappa shape index (κ3) is 6.26. The van der Waals surface area contributed by atoms with Crippen molar-refractivity contribution in [3.63, 3.8) is 0 Å². The lowest BCUT2D eigenvalue weighted by Crippen LogP contribution is -2.05. The van der Waals surface area contributed by atoms with E-state index in [1.54, 1.807) is 30.3 Å². The van der Waals surface area contributed by atoms with Gasteiger partial charge in [-0.25, -0.2) is 4.98 Å². The molecule has 0 saturated carbocycles. The monoisotopic (exact) mass is 469 g/mol. The number of alkyl halides is 3. The summed E-state index contributed by atoms with van der Waals surface area (Å²) in [5.74, 6) is 1.18. The van der Waals surface area contributed by atoms with E-state index in [1.807, 2.05) is 6.07 Å². The van der Waals surface area contributed by atoms with Gasteiger partial charge in [-0.1, -0.05) is 29.3 Å². The standard InChI is InChI=1S/C21H16Cl2F3N3O2/c1-30-19-9-13(10-28-29-20-7-4-15(11-27-20)21(24,25)26)3-6-18(19)31-12-14-2-5-16(22)17(23)8-14/h2-11H,12H2,1H3,(H,27,29)/b28-10-. The normalized spacial score (nSPS) is 11.5. The Kier molecular flexibility index (Phi) is 7.25. The summed E-state index contributed by atoms with van der Waals surface area (Å²) in [4.78, 5) is 3.68. The molecule has 0 saturated heterocycles. The van der Waals surface area contributed by atoms with Crippen molar-refractivity contribution < 1.29 is 22.6 Å². The second-order valence-electron chi connectivity index (χ2n) is 6.25. The van der Waals surface area contributed by atoms with Crippen LogP contribution in [0.1, 0.15) is 16.7 Å². The second-order valence-corrected chi connectivity index (χ2v) is 7.06. The molecule has 0 atom stereocenters. The smallest absolute Gasteiger partial charge is 0.417 e. The first kappa shape index (κ1) is 22.7. The highest BCUT2D eigenvalue weighted by Crippen LogP contribution is 2.30. The average molecular weight is 470 g/mol. The third-order valence-corrected chi connectivity index (χ3v) is 4.79. The highest BCUT2D eigenvalue weighted by atomic mass is 35.5. The van der Waals surface area contributed by atoms with E-state index in [4.69, 9.17) is 32.7 Å². The molecule has 1 aromatic heterocycles. The van der Waals surface area contributed by atoms with Gasteiger partial charge in [0, 0.05) is 6.20 Å². The van der Waals surface area contributed by atoms with E-state index >= 15 is 0 Å². The second kappa shape index (κ2) is 9.89. The molecular formula is C21H16Cl2F3N3O2. The van der Waals surface area contributed by atoms with E-state index in [0.717, 1.165) is 17.8 Å². The zero-order chi connectivity index (χ0) is 22.4. The van der Waals surface area contributed by atoms with Crippen LogP contribution in [0.15, 0.2) is 59.8 Å². The van der Waals surface area contributed by atoms with E-state index in [-0.39, 0.29) is 12.4 Å². The van der Waals surface area contributed by atoms with E-state index in [2.05, 4.69) is 15.5 Å². The van der Waals surface area contributed by atoms with E-state index in [9.17, 15) is 13.2 Å². The number of nitrogens with zero attached hydrogens (tertiary/aromatic N) is 2. The minimum atomic E-state index is -4.44. The number of ether oxygens (including phenoxy) is 2. The summed E-state index contributed by atoms with van der Waals surface area (Å²) >= 11 is 11.9. The summed E-state index contributed by atoms with van der Waals surface area (Å²) in [6.07, 6.45) is -2.22. The first-order valence-electron chi connectivity index (χ1n) is 8.83. The van der Waals surface area contributed by atoms with Crippen LogP contribution in [0, 0.1) is 0 Å². The van der Waals surface area contributed by atoms with Crippen LogP contribution in [0.3, 0.4) is 0 Å². The number of hydrogen-bond donors (Lipinski definition) is 1. The molecule has 3 rings (SSSR count). The van der Waals surface area contributed by atoms with Crippen LogP contribution in [0.2, 0.25) is 10.0 Å². The maximum absolute atomic E-state index is 12.6. The summed E-state index contributed by atoms with van der Waals surface area (Å²) in [6, 6.07) is 12.5. The van der Waals surface area contributed by atoms with Crippen LogP contribution in [-0.2, 0) is 12.8 Å². The molecule has 0 amide bonds. The number of nitrogens with one attached hydrogen (secondary N) is 1. The number of halogens is 5. The molecule has 2 aromatic carbocycles. The predicted octanol–water partition coefficient (Wildman–Crippen LogP) is 6.44. The Bertz CT molecular complexity index is 1070. The summed E-state index contributed by atoms with van der Waals surface area (Å²) < 4.78 is 48.8. The minimum absolute atomic E-state index is 0.179. The maximum Gasteiger partial charge on any atom is 0.417 e. The van der Waals surface area contributed by atoms with Crippen molar-refractivity contribution in [2.75, 3.05) is 12.5 Å². The molecule has 31 heavy (non-hydrogen) atoms. The van der Waals surface area contributed by atoms with Gasteiger partial charge in [0.2, 0.25) is 0 Å². The third-order valence-electron chi connectivity index (χ3n) is 4.05. The van der Waals surface area contributed by atoms with Crippen molar-refractivity contribution in [2.45, 2.75) is 12.8 Å². The summed E-state index contributed by atoms with van der Waals surface area (Å²) in [5.41, 5.74) is 3.27. The van der Waals surface area contributed by atoms with Crippen molar-refractivity contribution in [3.05, 3.63) is 81.5 Å². The molecule has 0 spiro atoms. The molecule has 0 unspecified atom stereocenters. The van der Waals surface area contributed by atoms with Crippen LogP contribution in [-0.4, -0.2) is 18.3 Å². The molecule has 0 aliphatic rings. The molecule has 0 radical (unpaired) electrons. The average Bonchev–Trinajstić information content (AvgIpc) is 2.74. The summed E-state index contributed by atoms with van der Waals surface area (Å²) in [5, 5.41) is 4.88. The molecule has 0 aliphatic heterocycles. The van der Waals surface area contributed by atoms with Crippen LogP contribution in [0.25, 0.3) is 0 Å². The van der Waals surface area contributed by atoms with Gasteiger partial charge in [0.25, 0.3) is 0 Å². The van der Waals surface area contributed by atoms with Gasteiger partial charge < -0.3 is 9.47 Å². The predicted molar refractivity (Wildman–Crippen MR) is 114 cm³/mol. The SMILES string of the molecule is COc1cc(/C=N\Nc2ccc(C(F)(F)F)cn2)ccc1OCc1ccc(Cl)c(Cl)c1. The number of aromatic nitrogens is 1. The summed E-state index contributed by atoms with van der Waals surface area (Å²) in [7, 11) is 1.51. The van der Waals surface area contributed by atoms with Crippen molar-refractivity contribution in [2.24, 2.45) is 5.10 Å². The number of hydrogen-bond acceptors (Lipinski definition) is 5. The Morgan fingerprint density at radius 3 is 2.48 bits per heavy atom. The lowest BCUT2D eigenvalue weighted by atomic mass is 10.2. The topological polar surface area (TPSA) is 55.7 Å². The van der Waals surface area contributed by atoms with Crippen molar-refractivity contribution in [3.8, 4) is 11.5 Å². The van der Waals surface area contributed by atoms with Crippen LogP contribution >= 0.6 is 23.2 Å². The van der Waals surface area contributed by atoms with Gasteiger partial charge in [-0.3, -0.25) is 5.43 Å². The van der Waals surface area contributed by atoms with Gasteiger partial charge in [0.05, 0.1) is 28.9 Å². The quantitative estimate of drug-likeness (QED) is 0.319. The zero-order valence-corrected chi connectivity index (χ0v) is 17.6. The molecule has 0 fully saturated rings. The van der Waals surface area contributed by atoms with Crippen molar-refractivity contribution in [1.29, 1.82) is 0 Å². The Balaban J connectivity index is 1.63. The molecule has 1 heterocycles. The Morgan fingerprint density at radius 1 is 1.03 bits per heavy atom. The highest BCUT2D eigenvalue weighted by molar-refractivity contribution is 6.42. The lowest BCUT2D eigenvalue weighted by molar-refractivity contribution is -0.137. The van der Waals surface area contributed by atoms with Gasteiger partial charge in [0.1, 0.15) is 12.4 Å². The molecule has 3 aromatic rings. The summed E-state index contributed by atoms with van der Waals surface area (Å²) in [6.45, 7) is 0.266. The molecule has 1 N–H and O–H groups in total. The maximum atomic E-state index is 12.6. The van der Waals surface area contributed by atoms with Crippen molar-refractivity contribution >= 4 is 35.2 Å². The molecule has 0 bridgehead atoms. The molecule has 10 heteroatoms. The fourth-order valence-corrected chi connectivity index (χ4v) is 2.80.